The fraction of sp³-hybridized carbons (Fsp3) is 1.00. The molecule has 1 rings (SSSR count). The van der Waals surface area contributed by atoms with Crippen molar-refractivity contribution in [3.8, 4) is 0 Å². The van der Waals surface area contributed by atoms with E-state index in [0.717, 1.165) is 0 Å². The van der Waals surface area contributed by atoms with Crippen molar-refractivity contribution in [2.24, 2.45) is 0 Å². The van der Waals surface area contributed by atoms with Gasteiger partial charge in [-0.25, -0.2) is 10.9 Å². The van der Waals surface area contributed by atoms with Crippen LogP contribution in [0.25, 0.3) is 0 Å². The third-order valence-electron chi connectivity index (χ3n) is 1.93. The van der Waals surface area contributed by atoms with E-state index in [2.05, 4.69) is 10.9 Å². The second kappa shape index (κ2) is 4.29. The second-order valence-electron chi connectivity index (χ2n) is 2.99. The summed E-state index contributed by atoms with van der Waals surface area (Å²) >= 11 is 0. The normalized spacial score (nSPS) is 26.5. The van der Waals surface area contributed by atoms with Gasteiger partial charge < -0.3 is 25.5 Å². The number of hydrazine groups is 1. The molecule has 0 saturated carbocycles. The predicted molar refractivity (Wildman–Crippen MR) is 41.2 cm³/mol. The minimum Gasteiger partial charge on any atom is -0.394 e. The highest BCUT2D eigenvalue weighted by Crippen LogP contribution is 2.09. The molecule has 1 fully saturated rings. The molecule has 0 aromatic rings. The van der Waals surface area contributed by atoms with Crippen molar-refractivity contribution in [1.29, 1.82) is 0 Å². The first kappa shape index (κ1) is 10.8. The van der Waals surface area contributed by atoms with Gasteiger partial charge >= 0.3 is 0 Å². The van der Waals surface area contributed by atoms with Crippen LogP contribution in [0.2, 0.25) is 0 Å². The minimum atomic E-state index is -1.57. The van der Waals surface area contributed by atoms with E-state index >= 15 is 0 Å². The van der Waals surface area contributed by atoms with Crippen LogP contribution in [0.15, 0.2) is 0 Å². The van der Waals surface area contributed by atoms with Crippen molar-refractivity contribution in [2.75, 3.05) is 6.61 Å². The summed E-state index contributed by atoms with van der Waals surface area (Å²) < 4.78 is 0. The molecule has 0 amide bonds. The molecule has 4 unspecified atom stereocenters. The first-order valence-corrected chi connectivity index (χ1v) is 3.92. The summed E-state index contributed by atoms with van der Waals surface area (Å²) in [5.41, 5.74) is 5.02. The highest BCUT2D eigenvalue weighted by molar-refractivity contribution is 4.90. The summed E-state index contributed by atoms with van der Waals surface area (Å²) in [6.45, 7) is -0.670. The Morgan fingerprint density at radius 2 is 1.54 bits per heavy atom. The molecule has 1 heterocycles. The molecule has 0 bridgehead atoms. The molecule has 7 heteroatoms. The van der Waals surface area contributed by atoms with Gasteiger partial charge in [0.15, 0.2) is 0 Å². The zero-order chi connectivity index (χ0) is 10.0. The molecule has 7 N–H and O–H groups in total. The van der Waals surface area contributed by atoms with Gasteiger partial charge in [0.05, 0.1) is 6.61 Å². The Morgan fingerprint density at radius 3 is 1.92 bits per heavy atom. The quantitative estimate of drug-likeness (QED) is 0.220. The molecule has 4 atom stereocenters. The second-order valence-corrected chi connectivity index (χ2v) is 2.99. The lowest BCUT2D eigenvalue weighted by atomic mass is 10.0. The topological polar surface area (TPSA) is 145 Å². The third-order valence-corrected chi connectivity index (χ3v) is 1.93. The molecule has 0 radical (unpaired) electrons. The van der Waals surface area contributed by atoms with Gasteiger partial charge in [0.25, 0.3) is 0 Å². The van der Waals surface area contributed by atoms with Crippen molar-refractivity contribution in [1.82, 2.24) is 10.9 Å². The van der Waals surface area contributed by atoms with Gasteiger partial charge in [0.2, 0.25) is 0 Å². The molecule has 0 spiro atoms. The molecule has 13 heavy (non-hydrogen) atoms. The molecule has 78 valence electrons. The lowest BCUT2D eigenvalue weighted by Gasteiger charge is -2.24. The number of hydrogen-bond donors (Lipinski definition) is 7. The molecule has 1 aliphatic heterocycles. The lowest BCUT2D eigenvalue weighted by molar-refractivity contribution is -0.115. The van der Waals surface area contributed by atoms with Crippen LogP contribution in [0, 0.1) is 0 Å². The average Bonchev–Trinajstić information content (AvgIpc) is 2.96. The Kier molecular flexibility index (Phi) is 3.56. The van der Waals surface area contributed by atoms with E-state index in [1.807, 2.05) is 0 Å². The SMILES string of the molecule is OCC(O)C(O)C(O)C(O)C1NN1. The Labute approximate surface area is 74.6 Å². The summed E-state index contributed by atoms with van der Waals surface area (Å²) in [4.78, 5) is 0. The molecule has 1 aliphatic rings. The third kappa shape index (κ3) is 2.58. The summed E-state index contributed by atoms with van der Waals surface area (Å²) in [5.74, 6) is 0. The first-order chi connectivity index (χ1) is 6.07. The fourth-order valence-electron chi connectivity index (χ4n) is 0.954. The van der Waals surface area contributed by atoms with Gasteiger partial charge in [-0.05, 0) is 0 Å². The number of aliphatic hydroxyl groups is 5. The van der Waals surface area contributed by atoms with E-state index in [1.165, 1.54) is 0 Å². The van der Waals surface area contributed by atoms with Crippen molar-refractivity contribution in [3.63, 3.8) is 0 Å². The van der Waals surface area contributed by atoms with E-state index in [9.17, 15) is 10.2 Å². The van der Waals surface area contributed by atoms with Crippen LogP contribution in [-0.4, -0.2) is 62.7 Å². The number of hydrogen-bond acceptors (Lipinski definition) is 7. The Bertz CT molecular complexity index is 165. The molecule has 0 aliphatic carbocycles. The van der Waals surface area contributed by atoms with Crippen LogP contribution < -0.4 is 10.9 Å². The highest BCUT2D eigenvalue weighted by Gasteiger charge is 2.39. The van der Waals surface area contributed by atoms with Crippen LogP contribution in [0.4, 0.5) is 0 Å². The summed E-state index contributed by atoms with van der Waals surface area (Å²) in [7, 11) is 0. The van der Waals surface area contributed by atoms with E-state index in [1.54, 1.807) is 0 Å². The zero-order valence-electron chi connectivity index (χ0n) is 6.83. The van der Waals surface area contributed by atoms with Crippen molar-refractivity contribution < 1.29 is 25.5 Å². The number of rotatable bonds is 5. The van der Waals surface area contributed by atoms with Gasteiger partial charge in [-0.2, -0.15) is 0 Å². The minimum absolute atomic E-state index is 0.476. The van der Waals surface area contributed by atoms with Crippen molar-refractivity contribution >= 4 is 0 Å². The van der Waals surface area contributed by atoms with Crippen LogP contribution in [0.3, 0.4) is 0 Å². The van der Waals surface area contributed by atoms with Gasteiger partial charge in [-0.15, -0.1) is 0 Å². The zero-order valence-corrected chi connectivity index (χ0v) is 6.83. The molecule has 7 nitrogen and oxygen atoms in total. The van der Waals surface area contributed by atoms with Gasteiger partial charge in [-0.3, -0.25) is 0 Å². The standard InChI is InChI=1S/C6H14N2O5/c9-1-2(10)3(11)4(12)5(13)6-7-8-6/h2-13H,1H2. The van der Waals surface area contributed by atoms with Crippen LogP contribution in [0.1, 0.15) is 0 Å². The number of nitrogens with one attached hydrogen (secondary N) is 2. The van der Waals surface area contributed by atoms with Crippen LogP contribution >= 0.6 is 0 Å². The summed E-state index contributed by atoms with van der Waals surface area (Å²) in [6.07, 6.45) is -6.23. The molecular weight excluding hydrogens is 180 g/mol. The summed E-state index contributed by atoms with van der Waals surface area (Å²) in [5, 5.41) is 45.0. The average molecular weight is 194 g/mol. The fourth-order valence-corrected chi connectivity index (χ4v) is 0.954. The summed E-state index contributed by atoms with van der Waals surface area (Å²) in [6, 6.07) is 0. The van der Waals surface area contributed by atoms with E-state index in [-0.39, 0.29) is 0 Å². The Hall–Kier alpha value is -0.280. The smallest absolute Gasteiger partial charge is 0.113 e. The monoisotopic (exact) mass is 194 g/mol. The largest absolute Gasteiger partial charge is 0.394 e. The van der Waals surface area contributed by atoms with Crippen LogP contribution in [0.5, 0.6) is 0 Å². The van der Waals surface area contributed by atoms with Gasteiger partial charge in [-0.1, -0.05) is 0 Å². The molecule has 1 saturated heterocycles. The van der Waals surface area contributed by atoms with E-state index in [4.69, 9.17) is 15.3 Å². The predicted octanol–water partition coefficient (Wildman–Crippen LogP) is -4.14. The molecule has 0 aromatic carbocycles. The Balaban J connectivity index is 2.39. The van der Waals surface area contributed by atoms with Gasteiger partial charge in [0, 0.05) is 0 Å². The van der Waals surface area contributed by atoms with Crippen molar-refractivity contribution in [3.05, 3.63) is 0 Å². The lowest BCUT2D eigenvalue weighted by Crippen LogP contribution is -2.48. The highest BCUT2D eigenvalue weighted by atomic mass is 16.4. The molecule has 0 aromatic heterocycles. The van der Waals surface area contributed by atoms with E-state index < -0.39 is 37.2 Å². The Morgan fingerprint density at radius 1 is 1.00 bits per heavy atom. The first-order valence-electron chi connectivity index (χ1n) is 3.92. The van der Waals surface area contributed by atoms with Crippen molar-refractivity contribution in [2.45, 2.75) is 30.6 Å². The maximum absolute atomic E-state index is 9.25. The number of aliphatic hydroxyl groups excluding tert-OH is 5. The molecular formula is C6H14N2O5. The maximum atomic E-state index is 9.25. The van der Waals surface area contributed by atoms with Gasteiger partial charge in [0.1, 0.15) is 30.6 Å². The van der Waals surface area contributed by atoms with Crippen LogP contribution in [-0.2, 0) is 0 Å². The maximum Gasteiger partial charge on any atom is 0.113 e. The van der Waals surface area contributed by atoms with E-state index in [0.29, 0.717) is 0 Å².